The van der Waals surface area contributed by atoms with Gasteiger partial charge in [0.15, 0.2) is 0 Å². The Morgan fingerprint density at radius 2 is 2.30 bits per heavy atom. The van der Waals surface area contributed by atoms with Gasteiger partial charge in [0.2, 0.25) is 0 Å². The van der Waals surface area contributed by atoms with E-state index in [0.717, 1.165) is 18.6 Å². The SMILES string of the molecule is CC1CC(C(=O)O)CN(C(=O)NCc2ccncc2OCC2CCOC2)C1. The third-order valence-electron chi connectivity index (χ3n) is 5.09. The van der Waals surface area contributed by atoms with Gasteiger partial charge >= 0.3 is 12.0 Å². The number of rotatable bonds is 6. The monoisotopic (exact) mass is 377 g/mol. The first kappa shape index (κ1) is 19.4. The molecule has 0 spiro atoms. The Balaban J connectivity index is 1.54. The zero-order valence-electron chi connectivity index (χ0n) is 15.6. The summed E-state index contributed by atoms with van der Waals surface area (Å²) in [5.41, 5.74) is 0.845. The normalized spacial score (nSPS) is 25.2. The number of pyridine rings is 1. The molecule has 2 amide bonds. The van der Waals surface area contributed by atoms with Crippen molar-refractivity contribution in [1.29, 1.82) is 0 Å². The number of piperidine rings is 1. The van der Waals surface area contributed by atoms with Crippen molar-refractivity contribution in [3.8, 4) is 5.75 Å². The van der Waals surface area contributed by atoms with Crippen LogP contribution >= 0.6 is 0 Å². The van der Waals surface area contributed by atoms with Crippen LogP contribution in [-0.2, 0) is 16.1 Å². The number of carboxylic acid groups (broad SMARTS) is 1. The van der Waals surface area contributed by atoms with Crippen molar-refractivity contribution < 1.29 is 24.2 Å². The molecule has 8 heteroatoms. The minimum atomic E-state index is -0.847. The number of urea groups is 1. The van der Waals surface area contributed by atoms with Crippen molar-refractivity contribution in [1.82, 2.24) is 15.2 Å². The first-order chi connectivity index (χ1) is 13.0. The van der Waals surface area contributed by atoms with Crippen molar-refractivity contribution in [2.75, 3.05) is 32.9 Å². The maximum Gasteiger partial charge on any atom is 0.317 e. The number of nitrogens with one attached hydrogen (secondary N) is 1. The molecule has 2 N–H and O–H groups in total. The van der Waals surface area contributed by atoms with Gasteiger partial charge in [-0.15, -0.1) is 0 Å². The lowest BCUT2D eigenvalue weighted by Crippen LogP contribution is -2.49. The molecule has 2 saturated heterocycles. The van der Waals surface area contributed by atoms with Crippen molar-refractivity contribution >= 4 is 12.0 Å². The average Bonchev–Trinajstić information content (AvgIpc) is 3.18. The largest absolute Gasteiger partial charge is 0.491 e. The van der Waals surface area contributed by atoms with E-state index in [4.69, 9.17) is 9.47 Å². The lowest BCUT2D eigenvalue weighted by atomic mass is 9.91. The van der Waals surface area contributed by atoms with Crippen LogP contribution in [0.5, 0.6) is 5.75 Å². The molecule has 0 radical (unpaired) electrons. The number of amides is 2. The number of aromatic nitrogens is 1. The van der Waals surface area contributed by atoms with E-state index in [1.807, 2.05) is 13.0 Å². The Morgan fingerprint density at radius 3 is 3.04 bits per heavy atom. The predicted molar refractivity (Wildman–Crippen MR) is 97.4 cm³/mol. The van der Waals surface area contributed by atoms with Crippen LogP contribution in [0.2, 0.25) is 0 Å². The third kappa shape index (κ3) is 5.32. The van der Waals surface area contributed by atoms with E-state index in [0.29, 0.717) is 44.4 Å². The number of hydrogen-bond acceptors (Lipinski definition) is 5. The molecule has 2 fully saturated rings. The van der Waals surface area contributed by atoms with Crippen molar-refractivity contribution in [3.63, 3.8) is 0 Å². The molecule has 148 valence electrons. The highest BCUT2D eigenvalue weighted by Gasteiger charge is 2.31. The highest BCUT2D eigenvalue weighted by molar-refractivity contribution is 5.76. The molecule has 1 aromatic heterocycles. The minimum Gasteiger partial charge on any atom is -0.491 e. The summed E-state index contributed by atoms with van der Waals surface area (Å²) in [5, 5.41) is 12.1. The fourth-order valence-electron chi connectivity index (χ4n) is 3.59. The number of nitrogens with zero attached hydrogens (tertiary/aromatic N) is 2. The molecule has 27 heavy (non-hydrogen) atoms. The van der Waals surface area contributed by atoms with E-state index in [1.165, 1.54) is 0 Å². The van der Waals surface area contributed by atoms with E-state index in [-0.39, 0.29) is 18.5 Å². The Hall–Kier alpha value is -2.35. The Morgan fingerprint density at radius 1 is 1.44 bits per heavy atom. The molecule has 0 saturated carbocycles. The number of carbonyl (C=O) groups excluding carboxylic acids is 1. The van der Waals surface area contributed by atoms with E-state index < -0.39 is 11.9 Å². The number of ether oxygens (including phenoxy) is 2. The molecule has 0 bridgehead atoms. The Labute approximate surface area is 158 Å². The van der Waals surface area contributed by atoms with Gasteiger partial charge in [-0.3, -0.25) is 9.78 Å². The predicted octanol–water partition coefficient (Wildman–Crippen LogP) is 1.75. The Bertz CT molecular complexity index is 663. The van der Waals surface area contributed by atoms with Crippen LogP contribution in [0.25, 0.3) is 0 Å². The summed E-state index contributed by atoms with van der Waals surface area (Å²) in [5.74, 6) is -0.150. The molecule has 1 aromatic rings. The molecule has 3 atom stereocenters. The molecule has 2 aliphatic heterocycles. The number of hydrogen-bond donors (Lipinski definition) is 2. The van der Waals surface area contributed by atoms with Gasteiger partial charge < -0.3 is 24.8 Å². The zero-order chi connectivity index (χ0) is 19.2. The molecule has 3 rings (SSSR count). The van der Waals surface area contributed by atoms with Crippen LogP contribution in [0.15, 0.2) is 18.5 Å². The molecular weight excluding hydrogens is 350 g/mol. The van der Waals surface area contributed by atoms with Crippen LogP contribution in [-0.4, -0.2) is 59.9 Å². The summed E-state index contributed by atoms with van der Waals surface area (Å²) < 4.78 is 11.2. The molecule has 3 heterocycles. The van der Waals surface area contributed by atoms with Crippen molar-refractivity contribution in [2.45, 2.75) is 26.3 Å². The molecule has 8 nitrogen and oxygen atoms in total. The summed E-state index contributed by atoms with van der Waals surface area (Å²) in [4.78, 5) is 29.5. The standard InChI is InChI=1S/C19H27N3O5/c1-13-6-16(18(23)24)10-22(9-13)19(25)21-7-15-2-4-20-8-17(15)27-12-14-3-5-26-11-14/h2,4,8,13-14,16H,3,5-7,9-12H2,1H3,(H,21,25)(H,23,24). The van der Waals surface area contributed by atoms with Gasteiger partial charge in [-0.2, -0.15) is 0 Å². The van der Waals surface area contributed by atoms with E-state index in [1.54, 1.807) is 17.3 Å². The summed E-state index contributed by atoms with van der Waals surface area (Å²) in [6.07, 6.45) is 4.91. The maximum absolute atomic E-state index is 12.5. The third-order valence-corrected chi connectivity index (χ3v) is 5.09. The molecule has 3 unspecified atom stereocenters. The zero-order valence-corrected chi connectivity index (χ0v) is 15.6. The van der Waals surface area contributed by atoms with Crippen LogP contribution in [0.4, 0.5) is 4.79 Å². The first-order valence-corrected chi connectivity index (χ1v) is 9.42. The van der Waals surface area contributed by atoms with Gasteiger partial charge in [0.05, 0.1) is 25.3 Å². The lowest BCUT2D eigenvalue weighted by Gasteiger charge is -2.34. The fraction of sp³-hybridized carbons (Fsp3) is 0.632. The second-order valence-electron chi connectivity index (χ2n) is 7.46. The summed E-state index contributed by atoms with van der Waals surface area (Å²) >= 11 is 0. The second-order valence-corrected chi connectivity index (χ2v) is 7.46. The molecular formula is C19H27N3O5. The van der Waals surface area contributed by atoms with Crippen molar-refractivity contribution in [2.24, 2.45) is 17.8 Å². The van der Waals surface area contributed by atoms with E-state index >= 15 is 0 Å². The van der Waals surface area contributed by atoms with E-state index in [2.05, 4.69) is 10.3 Å². The maximum atomic E-state index is 12.5. The summed E-state index contributed by atoms with van der Waals surface area (Å²) in [6, 6.07) is 1.57. The quantitative estimate of drug-likeness (QED) is 0.783. The smallest absolute Gasteiger partial charge is 0.317 e. The highest BCUT2D eigenvalue weighted by Crippen LogP contribution is 2.23. The number of likely N-dealkylation sites (tertiary alicyclic amines) is 1. The van der Waals surface area contributed by atoms with Crippen LogP contribution in [0.1, 0.15) is 25.3 Å². The fourth-order valence-corrected chi connectivity index (χ4v) is 3.59. The van der Waals surface area contributed by atoms with Gasteiger partial charge in [-0.1, -0.05) is 6.92 Å². The van der Waals surface area contributed by atoms with Gasteiger partial charge in [0.1, 0.15) is 5.75 Å². The molecule has 0 aliphatic carbocycles. The van der Waals surface area contributed by atoms with Crippen LogP contribution < -0.4 is 10.1 Å². The number of carboxylic acids is 1. The van der Waals surface area contributed by atoms with Crippen LogP contribution in [0.3, 0.4) is 0 Å². The lowest BCUT2D eigenvalue weighted by molar-refractivity contribution is -0.143. The first-order valence-electron chi connectivity index (χ1n) is 9.42. The average molecular weight is 377 g/mol. The van der Waals surface area contributed by atoms with Crippen LogP contribution in [0, 0.1) is 17.8 Å². The number of carbonyl (C=O) groups is 2. The Kier molecular flexibility index (Phi) is 6.49. The summed E-state index contributed by atoms with van der Waals surface area (Å²) in [6.45, 7) is 5.14. The van der Waals surface area contributed by atoms with Gasteiger partial charge in [0, 0.05) is 43.9 Å². The summed E-state index contributed by atoms with van der Waals surface area (Å²) in [7, 11) is 0. The second kappa shape index (κ2) is 9.03. The van der Waals surface area contributed by atoms with Gasteiger partial charge in [-0.05, 0) is 24.8 Å². The topological polar surface area (TPSA) is 101 Å². The van der Waals surface area contributed by atoms with Gasteiger partial charge in [-0.25, -0.2) is 4.79 Å². The van der Waals surface area contributed by atoms with Gasteiger partial charge in [0.25, 0.3) is 0 Å². The van der Waals surface area contributed by atoms with Crippen molar-refractivity contribution in [3.05, 3.63) is 24.0 Å². The molecule has 2 aliphatic rings. The minimum absolute atomic E-state index is 0.166. The van der Waals surface area contributed by atoms with E-state index in [9.17, 15) is 14.7 Å². The highest BCUT2D eigenvalue weighted by atomic mass is 16.5. The molecule has 0 aromatic carbocycles. The number of aliphatic carboxylic acids is 1.